The molecule has 0 saturated heterocycles. The third-order valence-corrected chi connectivity index (χ3v) is 1.92. The first-order valence-corrected chi connectivity index (χ1v) is 3.14. The van der Waals surface area contributed by atoms with Gasteiger partial charge in [0.15, 0.2) is 0 Å². The number of hydrogen-bond donors (Lipinski definition) is 0. The van der Waals surface area contributed by atoms with Gasteiger partial charge in [0.25, 0.3) is 0 Å². The monoisotopic (exact) mass is 224 g/mol. The maximum Gasteiger partial charge on any atom is 1.00 e. The molecule has 0 atom stereocenters. The number of rotatable bonds is 0. The summed E-state index contributed by atoms with van der Waals surface area (Å²) in [6.45, 7) is 6.27. The first kappa shape index (κ1) is 9.90. The molecule has 0 aliphatic heterocycles. The summed E-state index contributed by atoms with van der Waals surface area (Å²) in [6, 6.07) is 3.24. The third-order valence-electron chi connectivity index (χ3n) is 1.92. The van der Waals surface area contributed by atoms with Crippen molar-refractivity contribution in [1.82, 2.24) is 4.57 Å². The molecule has 1 rings (SSSR count). The van der Waals surface area contributed by atoms with Gasteiger partial charge in [-0.1, -0.05) is 19.5 Å². The summed E-state index contributed by atoms with van der Waals surface area (Å²) in [5.74, 6) is 0. The Morgan fingerprint density at radius 1 is 1.20 bits per heavy atom. The topological polar surface area (TPSA) is 4.93 Å². The second kappa shape index (κ2) is 3.34. The van der Waals surface area contributed by atoms with Gasteiger partial charge in [-0.25, -0.2) is 11.6 Å². The van der Waals surface area contributed by atoms with Crippen molar-refractivity contribution in [3.63, 3.8) is 0 Å². The summed E-state index contributed by atoms with van der Waals surface area (Å²) >= 11 is 0. The van der Waals surface area contributed by atoms with E-state index in [0.717, 1.165) is 0 Å². The average Bonchev–Trinajstić information content (AvgIpc) is 1.98. The summed E-state index contributed by atoms with van der Waals surface area (Å²) in [5.41, 5.74) is 3.78. The molecule has 1 radical (unpaired) electrons. The molecule has 0 bridgehead atoms. The molecule has 2 heteroatoms. The zero-order chi connectivity index (χ0) is 7.02. The van der Waals surface area contributed by atoms with Crippen molar-refractivity contribution in [2.45, 2.75) is 20.8 Å². The van der Waals surface area contributed by atoms with E-state index in [1.165, 1.54) is 17.0 Å². The summed E-state index contributed by atoms with van der Waals surface area (Å²) in [4.78, 5) is 0. The predicted molar refractivity (Wildman–Crippen MR) is 38.5 cm³/mol. The van der Waals surface area contributed by atoms with Crippen molar-refractivity contribution in [2.75, 3.05) is 0 Å². The smallest absolute Gasteiger partial charge is 0.445 e. The van der Waals surface area contributed by atoms with Gasteiger partial charge in [-0.15, -0.1) is 5.69 Å². The fourth-order valence-electron chi connectivity index (χ4n) is 0.949. The van der Waals surface area contributed by atoms with Crippen molar-refractivity contribution < 1.29 is 19.5 Å². The first-order chi connectivity index (χ1) is 4.13. The quantitative estimate of drug-likeness (QED) is 0.466. The molecule has 1 aromatic heterocycles. The average molecular weight is 223 g/mol. The van der Waals surface area contributed by atoms with Crippen LogP contribution in [-0.4, -0.2) is 4.57 Å². The minimum Gasteiger partial charge on any atom is -0.445 e. The van der Waals surface area contributed by atoms with Gasteiger partial charge in [-0.3, -0.25) is 0 Å². The predicted octanol–water partition coefficient (Wildman–Crippen LogP) is 1.75. The molecule has 0 spiro atoms. The Morgan fingerprint density at radius 2 is 1.70 bits per heavy atom. The van der Waals surface area contributed by atoms with Gasteiger partial charge in [-0.2, -0.15) is 0 Å². The molecule has 10 heavy (non-hydrogen) atoms. The molecule has 57 valence electrons. The second-order valence-electron chi connectivity index (χ2n) is 2.48. The fraction of sp³-hybridized carbons (Fsp3) is 0.500. The van der Waals surface area contributed by atoms with Crippen LogP contribution in [0.5, 0.6) is 0 Å². The van der Waals surface area contributed by atoms with Crippen molar-refractivity contribution in [3.8, 4) is 0 Å². The van der Waals surface area contributed by atoms with Crippen molar-refractivity contribution in [2.24, 2.45) is 7.05 Å². The largest absolute Gasteiger partial charge is 1.00 e. The van der Waals surface area contributed by atoms with E-state index in [2.05, 4.69) is 38.5 Å². The maximum atomic E-state index is 3.24. The van der Waals surface area contributed by atoms with E-state index in [1.807, 2.05) is 0 Å². The zero-order valence-electron chi connectivity index (χ0n) is 6.80. The number of hydrogen-bond acceptors (Lipinski definition) is 0. The Labute approximate surface area is 75.2 Å². The van der Waals surface area contributed by atoms with E-state index in [9.17, 15) is 0 Å². The van der Waals surface area contributed by atoms with Crippen molar-refractivity contribution >= 4 is 0 Å². The van der Waals surface area contributed by atoms with Gasteiger partial charge in [0, 0.05) is 0 Å². The minimum atomic E-state index is 0. The van der Waals surface area contributed by atoms with Crippen LogP contribution in [0.1, 0.15) is 17.0 Å². The van der Waals surface area contributed by atoms with E-state index in [4.69, 9.17) is 0 Å². The molecule has 0 fully saturated rings. The molecule has 0 saturated carbocycles. The molecule has 1 nitrogen and oxygen atoms in total. The van der Waals surface area contributed by atoms with Gasteiger partial charge in [0.1, 0.15) is 0 Å². The van der Waals surface area contributed by atoms with E-state index >= 15 is 0 Å². The van der Waals surface area contributed by atoms with Gasteiger partial charge in [-0.05, 0) is 14.0 Å². The van der Waals surface area contributed by atoms with Crippen LogP contribution < -0.4 is 0 Å². The summed E-state index contributed by atoms with van der Waals surface area (Å²) in [5, 5.41) is 0. The molecular formula is C8H12NRu. The van der Waals surface area contributed by atoms with Crippen molar-refractivity contribution in [1.29, 1.82) is 0 Å². The van der Waals surface area contributed by atoms with Crippen LogP contribution >= 0.6 is 0 Å². The number of aromatic nitrogens is 1. The molecule has 0 unspecified atom stereocenters. The fourth-order valence-corrected chi connectivity index (χ4v) is 0.949. The normalized spacial score (nSPS) is 9.20. The van der Waals surface area contributed by atoms with E-state index in [-0.39, 0.29) is 19.5 Å². The Kier molecular flexibility index (Phi) is 3.31. The Bertz CT molecular complexity index is 203. The van der Waals surface area contributed by atoms with E-state index in [0.29, 0.717) is 0 Å². The molecular weight excluding hydrogens is 211 g/mol. The molecule has 0 amide bonds. The Morgan fingerprint density at radius 3 is 1.80 bits per heavy atom. The van der Waals surface area contributed by atoms with Crippen molar-refractivity contribution in [3.05, 3.63) is 23.0 Å². The van der Waals surface area contributed by atoms with Crippen LogP contribution in [-0.2, 0) is 26.5 Å². The standard InChI is InChI=1S/C8H12N.Ru/c1-6-5-7(2)9(4)8(6)3;/h1-4H3;/q-1;+1. The first-order valence-electron chi connectivity index (χ1n) is 3.14. The summed E-state index contributed by atoms with van der Waals surface area (Å²) < 4.78 is 2.15. The van der Waals surface area contributed by atoms with E-state index in [1.54, 1.807) is 0 Å². The number of nitrogens with zero attached hydrogens (tertiary/aromatic N) is 1. The molecule has 1 aromatic rings. The Hall–Kier alpha value is -0.0966. The van der Waals surface area contributed by atoms with Crippen LogP contribution in [0.25, 0.3) is 0 Å². The number of aryl methyl sites for hydroxylation is 2. The summed E-state index contributed by atoms with van der Waals surface area (Å²) in [6.07, 6.45) is 0. The third kappa shape index (κ3) is 1.49. The maximum absolute atomic E-state index is 3.24. The van der Waals surface area contributed by atoms with Crippen LogP contribution in [0.3, 0.4) is 0 Å². The molecule has 0 aliphatic rings. The molecule has 1 heterocycles. The minimum absolute atomic E-state index is 0. The Balaban J connectivity index is 0.000000810. The summed E-state index contributed by atoms with van der Waals surface area (Å²) in [7, 11) is 2.06. The van der Waals surface area contributed by atoms with Gasteiger partial charge in [0.2, 0.25) is 0 Å². The van der Waals surface area contributed by atoms with Gasteiger partial charge < -0.3 is 4.57 Å². The molecule has 0 aliphatic carbocycles. The molecule has 0 N–H and O–H groups in total. The van der Waals surface area contributed by atoms with Crippen LogP contribution in [0.15, 0.2) is 0 Å². The van der Waals surface area contributed by atoms with Crippen LogP contribution in [0.2, 0.25) is 0 Å². The second-order valence-corrected chi connectivity index (χ2v) is 2.48. The van der Waals surface area contributed by atoms with E-state index < -0.39 is 0 Å². The van der Waals surface area contributed by atoms with Crippen LogP contribution in [0.4, 0.5) is 0 Å². The zero-order valence-corrected chi connectivity index (χ0v) is 8.54. The van der Waals surface area contributed by atoms with Crippen LogP contribution in [0, 0.1) is 26.8 Å². The van der Waals surface area contributed by atoms with Gasteiger partial charge >= 0.3 is 19.5 Å². The van der Waals surface area contributed by atoms with Gasteiger partial charge in [0.05, 0.1) is 0 Å². The molecule has 0 aromatic carbocycles. The SMILES string of the molecule is Cc1[c-]c(C)n(C)c1C.[Ru+].